The van der Waals surface area contributed by atoms with Crippen molar-refractivity contribution in [1.29, 1.82) is 0 Å². The lowest BCUT2D eigenvalue weighted by atomic mass is 9.82. The smallest absolute Gasteiger partial charge is 0.314 e. The average Bonchev–Trinajstić information content (AvgIpc) is 3.06. The summed E-state index contributed by atoms with van der Waals surface area (Å²) in [5.74, 6) is 10.3. The fraction of sp³-hybridized carbons (Fsp3) is 0.238. The molecule has 1 saturated carbocycles. The van der Waals surface area contributed by atoms with E-state index in [4.69, 9.17) is 20.6 Å². The molecule has 5 rings (SSSR count). The van der Waals surface area contributed by atoms with Gasteiger partial charge in [0.05, 0.1) is 11.8 Å². The Balaban J connectivity index is 1.14. The molecule has 1 fully saturated rings. The molecule has 0 bridgehead atoms. The van der Waals surface area contributed by atoms with E-state index in [0.717, 1.165) is 44.5 Å². The van der Waals surface area contributed by atoms with Gasteiger partial charge in [-0.3, -0.25) is 9.59 Å². The summed E-state index contributed by atoms with van der Waals surface area (Å²) in [5.41, 5.74) is 7.98. The molecule has 240 valence electrons. The number of phenolic OH excluding ortho intramolecular Hbond substituents is 1. The standard InChI is InChI=1S/C42H36O6/c1-6-7-8-9-22-46-34-15-19-38(28(3)24-34)40-21-17-36(26-30(40)5)48-42(45)32-12-10-31(11-13-32)41(44)47-35-16-20-39(29(4)25-35)37-18-14-33(43)23-27(37)2/h1,14-21,23-26,31-32,43H,10-13H2,2-5H3. The number of hydrogen-bond acceptors (Lipinski definition) is 6. The summed E-state index contributed by atoms with van der Waals surface area (Å²) < 4.78 is 17.0. The highest BCUT2D eigenvalue weighted by molar-refractivity contribution is 5.79. The summed E-state index contributed by atoms with van der Waals surface area (Å²) >= 11 is 0. The lowest BCUT2D eigenvalue weighted by Gasteiger charge is -2.26. The Morgan fingerprint density at radius 1 is 0.604 bits per heavy atom. The van der Waals surface area contributed by atoms with Crippen LogP contribution in [-0.2, 0) is 9.59 Å². The van der Waals surface area contributed by atoms with E-state index >= 15 is 0 Å². The third-order valence-electron chi connectivity index (χ3n) is 8.63. The zero-order valence-electron chi connectivity index (χ0n) is 27.5. The minimum atomic E-state index is -0.282. The number of hydrogen-bond donors (Lipinski definition) is 1. The SMILES string of the molecule is C#CC#CC#COc1ccc(-c2ccc(OC(=O)C3CCC(C(=O)Oc4ccc(-c5ccc(O)cc5C)c(C)c4)CC3)cc2C)c(C)c1. The largest absolute Gasteiger partial charge is 0.508 e. The molecule has 4 aromatic rings. The Morgan fingerprint density at radius 2 is 1.02 bits per heavy atom. The van der Waals surface area contributed by atoms with Gasteiger partial charge in [-0.25, -0.2) is 0 Å². The lowest BCUT2D eigenvalue weighted by molar-refractivity contribution is -0.145. The quantitative estimate of drug-likeness (QED) is 0.125. The van der Waals surface area contributed by atoms with Crippen LogP contribution in [0, 0.1) is 75.7 Å². The van der Waals surface area contributed by atoms with Gasteiger partial charge in [-0.2, -0.15) is 0 Å². The van der Waals surface area contributed by atoms with E-state index in [0.29, 0.717) is 42.9 Å². The second-order valence-corrected chi connectivity index (χ2v) is 12.0. The minimum absolute atomic E-state index is 0.226. The number of benzene rings is 4. The summed E-state index contributed by atoms with van der Waals surface area (Å²) in [5, 5.41) is 9.74. The maximum absolute atomic E-state index is 13.1. The Labute approximate surface area is 282 Å². The topological polar surface area (TPSA) is 82.1 Å². The van der Waals surface area contributed by atoms with Crippen molar-refractivity contribution in [3.05, 3.63) is 95.1 Å². The second-order valence-electron chi connectivity index (χ2n) is 12.0. The number of ether oxygens (including phenoxy) is 3. The van der Waals surface area contributed by atoms with Crippen LogP contribution in [0.2, 0.25) is 0 Å². The van der Waals surface area contributed by atoms with E-state index in [1.807, 2.05) is 76.2 Å². The molecular formula is C42H36O6. The molecule has 0 aliphatic heterocycles. The van der Waals surface area contributed by atoms with Gasteiger partial charge in [0, 0.05) is 11.8 Å². The molecule has 0 amide bonds. The van der Waals surface area contributed by atoms with Gasteiger partial charge in [0.15, 0.2) is 0 Å². The van der Waals surface area contributed by atoms with Gasteiger partial charge in [0.25, 0.3) is 0 Å². The van der Waals surface area contributed by atoms with Gasteiger partial charge in [-0.15, -0.1) is 6.42 Å². The first-order chi connectivity index (χ1) is 23.1. The van der Waals surface area contributed by atoms with Crippen molar-refractivity contribution in [3.8, 4) is 81.5 Å². The molecule has 0 aromatic heterocycles. The highest BCUT2D eigenvalue weighted by Crippen LogP contribution is 2.35. The van der Waals surface area contributed by atoms with Crippen molar-refractivity contribution in [1.82, 2.24) is 0 Å². The number of terminal acetylenes is 1. The molecule has 0 saturated heterocycles. The normalized spacial score (nSPS) is 15.1. The second kappa shape index (κ2) is 15.1. The van der Waals surface area contributed by atoms with Crippen LogP contribution < -0.4 is 14.2 Å². The molecule has 4 aromatic carbocycles. The molecule has 0 atom stereocenters. The maximum Gasteiger partial charge on any atom is 0.314 e. The van der Waals surface area contributed by atoms with Crippen LogP contribution in [0.5, 0.6) is 23.0 Å². The molecule has 1 aliphatic carbocycles. The average molecular weight is 637 g/mol. The van der Waals surface area contributed by atoms with Gasteiger partial charge >= 0.3 is 11.9 Å². The van der Waals surface area contributed by atoms with Gasteiger partial charge in [-0.1, -0.05) is 24.3 Å². The van der Waals surface area contributed by atoms with Crippen molar-refractivity contribution in [2.24, 2.45) is 11.8 Å². The van der Waals surface area contributed by atoms with Crippen molar-refractivity contribution in [2.75, 3.05) is 0 Å². The van der Waals surface area contributed by atoms with Gasteiger partial charge in [-0.05, 0) is 158 Å². The fourth-order valence-corrected chi connectivity index (χ4v) is 6.10. The number of aryl methyl sites for hydroxylation is 4. The fourth-order valence-electron chi connectivity index (χ4n) is 6.10. The van der Waals surface area contributed by atoms with Crippen LogP contribution in [0.15, 0.2) is 72.8 Å². The minimum Gasteiger partial charge on any atom is -0.508 e. The monoisotopic (exact) mass is 636 g/mol. The summed E-state index contributed by atoms with van der Waals surface area (Å²) in [6.07, 6.45) is 9.83. The van der Waals surface area contributed by atoms with Crippen molar-refractivity contribution in [2.45, 2.75) is 53.4 Å². The molecule has 0 heterocycles. The van der Waals surface area contributed by atoms with Crippen LogP contribution in [-0.4, -0.2) is 17.0 Å². The third kappa shape index (κ3) is 8.08. The predicted molar refractivity (Wildman–Crippen MR) is 186 cm³/mol. The molecule has 48 heavy (non-hydrogen) atoms. The first-order valence-corrected chi connectivity index (χ1v) is 15.8. The van der Waals surface area contributed by atoms with Crippen molar-refractivity contribution >= 4 is 11.9 Å². The highest BCUT2D eigenvalue weighted by Gasteiger charge is 2.32. The number of carbonyl (C=O) groups excluding carboxylic acids is 2. The van der Waals surface area contributed by atoms with E-state index in [-0.39, 0.29) is 29.5 Å². The van der Waals surface area contributed by atoms with Crippen LogP contribution in [0.25, 0.3) is 22.3 Å². The van der Waals surface area contributed by atoms with Crippen molar-refractivity contribution < 1.29 is 28.9 Å². The van der Waals surface area contributed by atoms with Crippen LogP contribution in [0.4, 0.5) is 0 Å². The Morgan fingerprint density at radius 3 is 1.46 bits per heavy atom. The molecule has 0 spiro atoms. The molecule has 6 heteroatoms. The third-order valence-corrected chi connectivity index (χ3v) is 8.63. The van der Waals surface area contributed by atoms with Gasteiger partial charge in [0.2, 0.25) is 0 Å². The first-order valence-electron chi connectivity index (χ1n) is 15.8. The van der Waals surface area contributed by atoms with E-state index in [2.05, 4.69) is 29.8 Å². The summed E-state index contributed by atoms with van der Waals surface area (Å²) in [6.45, 7) is 7.89. The van der Waals surface area contributed by atoms with E-state index in [9.17, 15) is 14.7 Å². The zero-order chi connectivity index (χ0) is 34.2. The Bertz CT molecular complexity index is 2030. The molecule has 6 nitrogen and oxygen atoms in total. The Kier molecular flexibility index (Phi) is 10.5. The van der Waals surface area contributed by atoms with Crippen LogP contribution >= 0.6 is 0 Å². The molecular weight excluding hydrogens is 600 g/mol. The number of esters is 2. The van der Waals surface area contributed by atoms with Gasteiger partial charge in [0.1, 0.15) is 29.1 Å². The lowest BCUT2D eigenvalue weighted by Crippen LogP contribution is -2.30. The molecule has 0 radical (unpaired) electrons. The number of aromatic hydroxyl groups is 1. The van der Waals surface area contributed by atoms with Crippen LogP contribution in [0.3, 0.4) is 0 Å². The zero-order valence-corrected chi connectivity index (χ0v) is 27.5. The Hall–Kier alpha value is -5.90. The van der Waals surface area contributed by atoms with E-state index in [1.54, 1.807) is 24.3 Å². The molecule has 1 N–H and O–H groups in total. The van der Waals surface area contributed by atoms with E-state index < -0.39 is 0 Å². The van der Waals surface area contributed by atoms with Crippen LogP contribution in [0.1, 0.15) is 47.9 Å². The van der Waals surface area contributed by atoms with Gasteiger partial charge < -0.3 is 19.3 Å². The molecule has 1 aliphatic rings. The number of phenols is 1. The number of rotatable bonds is 7. The molecule has 0 unspecified atom stereocenters. The highest BCUT2D eigenvalue weighted by atomic mass is 16.5. The predicted octanol–water partition coefficient (Wildman–Crippen LogP) is 8.25. The van der Waals surface area contributed by atoms with Crippen molar-refractivity contribution in [3.63, 3.8) is 0 Å². The first kappa shape index (κ1) is 33.5. The number of carbonyl (C=O) groups is 2. The maximum atomic E-state index is 13.1. The summed E-state index contributed by atoms with van der Waals surface area (Å²) in [7, 11) is 0. The van der Waals surface area contributed by atoms with E-state index in [1.165, 1.54) is 0 Å². The summed E-state index contributed by atoms with van der Waals surface area (Å²) in [6, 6.07) is 22.2. The summed E-state index contributed by atoms with van der Waals surface area (Å²) in [4.78, 5) is 26.1.